The van der Waals surface area contributed by atoms with Gasteiger partial charge in [0.25, 0.3) is 11.5 Å². The molecule has 1 aromatic carbocycles. The molecule has 1 unspecified atom stereocenters. The highest BCUT2D eigenvalue weighted by atomic mass is 16.5. The first kappa shape index (κ1) is 16.8. The van der Waals surface area contributed by atoms with Gasteiger partial charge in [0.05, 0.1) is 5.69 Å². The SMILES string of the molecule is C=Cc1c(Cc2ccc3c(c2)OC(C)C(=O)N3)cn(C)c(=O)c1NC. The summed E-state index contributed by atoms with van der Waals surface area (Å²) in [6, 6.07) is 5.70. The highest BCUT2D eigenvalue weighted by molar-refractivity contribution is 5.97. The number of amides is 1. The Bertz CT molecular complexity index is 915. The van der Waals surface area contributed by atoms with E-state index < -0.39 is 6.10 Å². The standard InChI is InChI=1S/C19H21N3O3/c1-5-14-13(10-22(4)19(24)17(14)20-3)8-12-6-7-15-16(9-12)25-11(2)18(23)21-15/h5-7,9-11,20H,1,8H2,2-4H3,(H,21,23). The molecule has 25 heavy (non-hydrogen) atoms. The lowest BCUT2D eigenvalue weighted by Crippen LogP contribution is -2.34. The quantitative estimate of drug-likeness (QED) is 0.897. The number of benzene rings is 1. The van der Waals surface area contributed by atoms with Gasteiger partial charge in [-0.15, -0.1) is 0 Å². The van der Waals surface area contributed by atoms with E-state index in [-0.39, 0.29) is 11.5 Å². The van der Waals surface area contributed by atoms with E-state index in [0.717, 1.165) is 16.7 Å². The highest BCUT2D eigenvalue weighted by Gasteiger charge is 2.23. The van der Waals surface area contributed by atoms with Gasteiger partial charge in [-0.05, 0) is 36.6 Å². The third-order valence-corrected chi connectivity index (χ3v) is 4.32. The van der Waals surface area contributed by atoms with Gasteiger partial charge in [-0.1, -0.05) is 18.7 Å². The first-order valence-electron chi connectivity index (χ1n) is 8.07. The molecule has 1 aromatic heterocycles. The molecule has 2 N–H and O–H groups in total. The summed E-state index contributed by atoms with van der Waals surface area (Å²) in [6.07, 6.45) is 3.62. The van der Waals surface area contributed by atoms with E-state index in [4.69, 9.17) is 4.74 Å². The van der Waals surface area contributed by atoms with Gasteiger partial charge >= 0.3 is 0 Å². The number of nitrogens with zero attached hydrogens (tertiary/aromatic N) is 1. The van der Waals surface area contributed by atoms with Crippen LogP contribution < -0.4 is 20.9 Å². The summed E-state index contributed by atoms with van der Waals surface area (Å²) < 4.78 is 7.23. The second-order valence-electron chi connectivity index (χ2n) is 6.07. The fraction of sp³-hybridized carbons (Fsp3) is 0.263. The van der Waals surface area contributed by atoms with Crippen molar-refractivity contribution in [3.8, 4) is 5.75 Å². The summed E-state index contributed by atoms with van der Waals surface area (Å²) in [5.74, 6) is 0.509. The van der Waals surface area contributed by atoms with Crippen molar-refractivity contribution in [2.24, 2.45) is 7.05 Å². The minimum absolute atomic E-state index is 0.0912. The van der Waals surface area contributed by atoms with Crippen molar-refractivity contribution in [2.45, 2.75) is 19.4 Å². The largest absolute Gasteiger partial charge is 0.479 e. The molecule has 1 aliphatic rings. The molecule has 1 atom stereocenters. The zero-order chi connectivity index (χ0) is 18.1. The third kappa shape index (κ3) is 3.03. The van der Waals surface area contributed by atoms with Crippen molar-refractivity contribution in [1.29, 1.82) is 0 Å². The number of nitrogens with one attached hydrogen (secondary N) is 2. The fourth-order valence-electron chi connectivity index (χ4n) is 3.01. The number of carbonyl (C=O) groups excluding carboxylic acids is 1. The van der Waals surface area contributed by atoms with E-state index >= 15 is 0 Å². The average Bonchev–Trinajstić information content (AvgIpc) is 2.59. The fourth-order valence-corrected chi connectivity index (χ4v) is 3.01. The molecule has 0 saturated heterocycles. The molecule has 6 heteroatoms. The second kappa shape index (κ2) is 6.47. The number of carbonyl (C=O) groups is 1. The van der Waals surface area contributed by atoms with Crippen molar-refractivity contribution in [1.82, 2.24) is 4.57 Å². The van der Waals surface area contributed by atoms with Gasteiger partial charge in [0.1, 0.15) is 11.4 Å². The van der Waals surface area contributed by atoms with E-state index in [0.29, 0.717) is 23.5 Å². The normalized spacial score (nSPS) is 15.8. The maximum Gasteiger partial charge on any atom is 0.274 e. The van der Waals surface area contributed by atoms with Gasteiger partial charge in [0.2, 0.25) is 0 Å². The molecule has 1 amide bonds. The molecule has 0 fully saturated rings. The lowest BCUT2D eigenvalue weighted by atomic mass is 9.99. The third-order valence-electron chi connectivity index (χ3n) is 4.32. The van der Waals surface area contributed by atoms with Gasteiger partial charge in [0.15, 0.2) is 6.10 Å². The Morgan fingerprint density at radius 3 is 2.84 bits per heavy atom. The Hall–Kier alpha value is -3.02. The highest BCUT2D eigenvalue weighted by Crippen LogP contribution is 2.31. The molecule has 2 aromatic rings. The van der Waals surface area contributed by atoms with Crippen molar-refractivity contribution < 1.29 is 9.53 Å². The van der Waals surface area contributed by atoms with Crippen LogP contribution in [0.5, 0.6) is 5.75 Å². The number of aromatic nitrogens is 1. The average molecular weight is 339 g/mol. The van der Waals surface area contributed by atoms with Crippen molar-refractivity contribution in [2.75, 3.05) is 17.7 Å². The van der Waals surface area contributed by atoms with Crippen LogP contribution in [0.25, 0.3) is 6.08 Å². The molecule has 3 rings (SSSR count). The molecular weight excluding hydrogens is 318 g/mol. The summed E-state index contributed by atoms with van der Waals surface area (Å²) in [5, 5.41) is 5.79. The minimum atomic E-state index is -0.514. The Morgan fingerprint density at radius 2 is 2.16 bits per heavy atom. The molecule has 2 heterocycles. The van der Waals surface area contributed by atoms with Crippen molar-refractivity contribution in [3.05, 3.63) is 58.0 Å². The Balaban J connectivity index is 2.00. The lowest BCUT2D eigenvalue weighted by molar-refractivity contribution is -0.122. The maximum atomic E-state index is 12.2. The number of hydrogen-bond acceptors (Lipinski definition) is 4. The Labute approximate surface area is 146 Å². The summed E-state index contributed by atoms with van der Waals surface area (Å²) in [4.78, 5) is 23.9. The number of pyridine rings is 1. The number of hydrogen-bond donors (Lipinski definition) is 2. The van der Waals surface area contributed by atoms with E-state index in [9.17, 15) is 9.59 Å². The number of aryl methyl sites for hydroxylation is 1. The molecule has 1 aliphatic heterocycles. The zero-order valence-electron chi connectivity index (χ0n) is 14.6. The Morgan fingerprint density at radius 1 is 1.40 bits per heavy atom. The van der Waals surface area contributed by atoms with Gasteiger partial charge in [-0.3, -0.25) is 9.59 Å². The van der Waals surface area contributed by atoms with Crippen molar-refractivity contribution in [3.63, 3.8) is 0 Å². The molecule has 0 spiro atoms. The van der Waals surface area contributed by atoms with Crippen LogP contribution in [0, 0.1) is 0 Å². The molecule has 6 nitrogen and oxygen atoms in total. The number of rotatable bonds is 4. The van der Waals surface area contributed by atoms with Crippen molar-refractivity contribution >= 4 is 23.4 Å². The molecular formula is C19H21N3O3. The lowest BCUT2D eigenvalue weighted by Gasteiger charge is -2.24. The van der Waals surface area contributed by atoms with E-state index in [2.05, 4.69) is 17.2 Å². The molecule has 130 valence electrons. The van der Waals surface area contributed by atoms with E-state index in [1.54, 1.807) is 31.7 Å². The van der Waals surface area contributed by atoms with Crippen LogP contribution in [0.4, 0.5) is 11.4 Å². The second-order valence-corrected chi connectivity index (χ2v) is 6.07. The monoisotopic (exact) mass is 339 g/mol. The first-order valence-corrected chi connectivity index (χ1v) is 8.07. The summed E-state index contributed by atoms with van der Waals surface area (Å²) >= 11 is 0. The van der Waals surface area contributed by atoms with Gasteiger partial charge in [-0.25, -0.2) is 0 Å². The van der Waals surface area contributed by atoms with Crippen LogP contribution in [0.15, 0.2) is 35.8 Å². The van der Waals surface area contributed by atoms with Crippen LogP contribution in [0.2, 0.25) is 0 Å². The molecule has 0 radical (unpaired) electrons. The summed E-state index contributed by atoms with van der Waals surface area (Å²) in [7, 11) is 3.46. The van der Waals surface area contributed by atoms with E-state index in [1.807, 2.05) is 24.4 Å². The van der Waals surface area contributed by atoms with Crippen LogP contribution in [-0.2, 0) is 18.3 Å². The van der Waals surface area contributed by atoms with Gasteiger partial charge < -0.3 is 19.9 Å². The van der Waals surface area contributed by atoms with Gasteiger partial charge in [-0.2, -0.15) is 0 Å². The Kier molecular flexibility index (Phi) is 4.35. The van der Waals surface area contributed by atoms with Crippen LogP contribution in [-0.4, -0.2) is 23.6 Å². The number of anilines is 2. The van der Waals surface area contributed by atoms with E-state index in [1.165, 1.54) is 0 Å². The zero-order valence-corrected chi connectivity index (χ0v) is 14.6. The molecule has 0 aliphatic carbocycles. The first-order chi connectivity index (χ1) is 11.9. The topological polar surface area (TPSA) is 72.4 Å². The minimum Gasteiger partial charge on any atom is -0.479 e. The summed E-state index contributed by atoms with van der Waals surface area (Å²) in [6.45, 7) is 5.56. The number of fused-ring (bicyclic) bond motifs is 1. The van der Waals surface area contributed by atoms with Crippen LogP contribution in [0.3, 0.4) is 0 Å². The van der Waals surface area contributed by atoms with Crippen LogP contribution >= 0.6 is 0 Å². The predicted octanol–water partition coefficient (Wildman–Crippen LogP) is 2.38. The van der Waals surface area contributed by atoms with Crippen LogP contribution in [0.1, 0.15) is 23.6 Å². The maximum absolute atomic E-state index is 12.2. The molecule has 0 saturated carbocycles. The smallest absolute Gasteiger partial charge is 0.274 e. The molecule has 0 bridgehead atoms. The van der Waals surface area contributed by atoms with Gasteiger partial charge in [0, 0.05) is 25.9 Å². The summed E-state index contributed by atoms with van der Waals surface area (Å²) in [5.41, 5.74) is 3.91. The predicted molar refractivity (Wildman–Crippen MR) is 99.3 cm³/mol. The number of ether oxygens (including phenoxy) is 1.